The van der Waals surface area contributed by atoms with Gasteiger partial charge in [-0.1, -0.05) is 0 Å². The fourth-order valence-corrected chi connectivity index (χ4v) is 1.14. The van der Waals surface area contributed by atoms with Crippen LogP contribution in [0.3, 0.4) is 0 Å². The molecule has 0 aliphatic rings. The van der Waals surface area contributed by atoms with E-state index in [1.165, 1.54) is 11.0 Å². The van der Waals surface area contributed by atoms with Gasteiger partial charge in [-0.05, 0) is 0 Å². The van der Waals surface area contributed by atoms with E-state index in [2.05, 4.69) is 15.2 Å². The van der Waals surface area contributed by atoms with Gasteiger partial charge >= 0.3 is 0 Å². The second-order valence-corrected chi connectivity index (χ2v) is 2.97. The molecule has 15 heavy (non-hydrogen) atoms. The molecule has 2 heterocycles. The zero-order valence-corrected chi connectivity index (χ0v) is 8.25. The average Bonchev–Trinajstić information content (AvgIpc) is 2.78. The van der Waals surface area contributed by atoms with Crippen molar-refractivity contribution in [3.63, 3.8) is 0 Å². The first kappa shape index (κ1) is 9.66. The maximum atomic E-state index is 5.43. The van der Waals surface area contributed by atoms with Crippen LogP contribution in [0.15, 0.2) is 16.9 Å². The van der Waals surface area contributed by atoms with Crippen LogP contribution in [0.5, 0.6) is 0 Å². The molecule has 2 N–H and O–H groups in total. The molecule has 0 aliphatic carbocycles. The van der Waals surface area contributed by atoms with E-state index in [1.54, 1.807) is 13.4 Å². The molecule has 0 radical (unpaired) electrons. The first-order chi connectivity index (χ1) is 7.28. The summed E-state index contributed by atoms with van der Waals surface area (Å²) in [5, 5.41) is 7.87. The molecule has 0 atom stereocenters. The number of nitrogen functional groups attached to an aromatic ring is 1. The predicted molar refractivity (Wildman–Crippen MR) is 50.8 cm³/mol. The third-order valence-corrected chi connectivity index (χ3v) is 1.72. The Morgan fingerprint density at radius 3 is 3.13 bits per heavy atom. The third kappa shape index (κ3) is 2.32. The lowest BCUT2D eigenvalue weighted by molar-refractivity contribution is 0.159. The van der Waals surface area contributed by atoms with E-state index in [-0.39, 0.29) is 0 Å². The molecule has 7 heteroatoms. The Hall–Kier alpha value is -1.89. The molecule has 0 spiro atoms. The van der Waals surface area contributed by atoms with Gasteiger partial charge in [0.1, 0.15) is 25.1 Å². The number of hydrogen-bond donors (Lipinski definition) is 1. The average molecular weight is 209 g/mol. The van der Waals surface area contributed by atoms with Crippen LogP contribution < -0.4 is 5.73 Å². The fraction of sp³-hybridized carbons (Fsp3) is 0.375. The Balaban J connectivity index is 2.04. The Kier molecular flexibility index (Phi) is 2.64. The van der Waals surface area contributed by atoms with Crippen LogP contribution in [0.4, 0.5) is 5.82 Å². The van der Waals surface area contributed by atoms with Gasteiger partial charge in [-0.2, -0.15) is 9.90 Å². The van der Waals surface area contributed by atoms with Gasteiger partial charge in [0.05, 0.1) is 6.20 Å². The van der Waals surface area contributed by atoms with Gasteiger partial charge in [-0.3, -0.25) is 0 Å². The Bertz CT molecular complexity index is 436. The van der Waals surface area contributed by atoms with Gasteiger partial charge in [-0.25, -0.2) is 4.98 Å². The molecular formula is C8H11N5O2. The number of rotatable bonds is 4. The molecule has 7 nitrogen and oxygen atoms in total. The molecule has 2 rings (SSSR count). The van der Waals surface area contributed by atoms with E-state index >= 15 is 0 Å². The molecule has 0 unspecified atom stereocenters. The number of methoxy groups -OCH3 is 1. The predicted octanol–water partition coefficient (Wildman–Crippen LogP) is 0.0430. The van der Waals surface area contributed by atoms with Crippen LogP contribution >= 0.6 is 0 Å². The summed E-state index contributed by atoms with van der Waals surface area (Å²) >= 11 is 0. The fourth-order valence-electron chi connectivity index (χ4n) is 1.14. The Morgan fingerprint density at radius 1 is 1.60 bits per heavy atom. The standard InChI is InChI=1S/C8H11N5O2/c1-14-5-8-11-6(4-15-8)3-13-10-2-7(9)12-13/h2,4H,3,5H2,1H3,(H2,9,12). The lowest BCUT2D eigenvalue weighted by Crippen LogP contribution is -2.04. The van der Waals surface area contributed by atoms with Crippen molar-refractivity contribution < 1.29 is 9.15 Å². The first-order valence-corrected chi connectivity index (χ1v) is 4.36. The number of aromatic nitrogens is 4. The lowest BCUT2D eigenvalue weighted by Gasteiger charge is -1.93. The maximum Gasteiger partial charge on any atom is 0.220 e. The van der Waals surface area contributed by atoms with Gasteiger partial charge in [0.15, 0.2) is 5.82 Å². The number of nitrogens with zero attached hydrogens (tertiary/aromatic N) is 4. The van der Waals surface area contributed by atoms with Crippen LogP contribution in [0, 0.1) is 0 Å². The largest absolute Gasteiger partial charge is 0.446 e. The first-order valence-electron chi connectivity index (χ1n) is 4.36. The third-order valence-electron chi connectivity index (χ3n) is 1.72. The minimum Gasteiger partial charge on any atom is -0.446 e. The quantitative estimate of drug-likeness (QED) is 0.764. The minimum absolute atomic E-state index is 0.356. The van der Waals surface area contributed by atoms with Gasteiger partial charge in [0.2, 0.25) is 5.89 Å². The molecule has 0 saturated carbocycles. The van der Waals surface area contributed by atoms with Crippen molar-refractivity contribution in [2.45, 2.75) is 13.2 Å². The second-order valence-electron chi connectivity index (χ2n) is 2.97. The van der Waals surface area contributed by atoms with E-state index < -0.39 is 0 Å². The van der Waals surface area contributed by atoms with Gasteiger partial charge in [-0.15, -0.1) is 5.10 Å². The van der Waals surface area contributed by atoms with Crippen molar-refractivity contribution in [2.75, 3.05) is 12.8 Å². The summed E-state index contributed by atoms with van der Waals surface area (Å²) in [6.45, 7) is 0.791. The van der Waals surface area contributed by atoms with Crippen LogP contribution in [-0.2, 0) is 17.9 Å². The zero-order chi connectivity index (χ0) is 10.7. The van der Waals surface area contributed by atoms with Crippen LogP contribution in [-0.4, -0.2) is 27.1 Å². The highest BCUT2D eigenvalue weighted by Crippen LogP contribution is 2.04. The molecule has 80 valence electrons. The molecule has 0 amide bonds. The molecule has 0 fully saturated rings. The topological polar surface area (TPSA) is 92.0 Å². The number of ether oxygens (including phenoxy) is 1. The highest BCUT2D eigenvalue weighted by Gasteiger charge is 2.05. The summed E-state index contributed by atoms with van der Waals surface area (Å²) < 4.78 is 10.0. The van der Waals surface area contributed by atoms with Crippen LogP contribution in [0.2, 0.25) is 0 Å². The SMILES string of the molecule is COCc1nc(Cn2ncc(N)n2)co1. The number of oxazole rings is 1. The smallest absolute Gasteiger partial charge is 0.220 e. The molecule has 0 bridgehead atoms. The van der Waals surface area contributed by atoms with Crippen LogP contribution in [0.25, 0.3) is 0 Å². The number of hydrogen-bond acceptors (Lipinski definition) is 6. The summed E-state index contributed by atoms with van der Waals surface area (Å²) in [6, 6.07) is 0. The zero-order valence-electron chi connectivity index (χ0n) is 8.25. The van der Waals surface area contributed by atoms with Crippen molar-refractivity contribution in [3.05, 3.63) is 24.0 Å². The van der Waals surface area contributed by atoms with Gasteiger partial charge in [0.25, 0.3) is 0 Å². The maximum absolute atomic E-state index is 5.43. The summed E-state index contributed by atoms with van der Waals surface area (Å²) in [6.07, 6.45) is 3.03. The summed E-state index contributed by atoms with van der Waals surface area (Å²) in [5.41, 5.74) is 6.16. The molecule has 2 aromatic heterocycles. The number of anilines is 1. The van der Waals surface area contributed by atoms with E-state index in [1.807, 2.05) is 0 Å². The van der Waals surface area contributed by atoms with E-state index in [4.69, 9.17) is 14.9 Å². The molecule has 0 aromatic carbocycles. The normalized spacial score (nSPS) is 10.7. The van der Waals surface area contributed by atoms with E-state index in [0.717, 1.165) is 5.69 Å². The molecular weight excluding hydrogens is 198 g/mol. The van der Waals surface area contributed by atoms with Gasteiger partial charge < -0.3 is 14.9 Å². The Morgan fingerprint density at radius 2 is 2.47 bits per heavy atom. The van der Waals surface area contributed by atoms with Crippen molar-refractivity contribution in [2.24, 2.45) is 0 Å². The molecule has 0 saturated heterocycles. The van der Waals surface area contributed by atoms with Crippen LogP contribution in [0.1, 0.15) is 11.6 Å². The van der Waals surface area contributed by atoms with Crippen molar-refractivity contribution in [1.29, 1.82) is 0 Å². The summed E-state index contributed by atoms with van der Waals surface area (Å²) in [4.78, 5) is 5.62. The van der Waals surface area contributed by atoms with Crippen molar-refractivity contribution >= 4 is 5.82 Å². The number of nitrogens with two attached hydrogens (primary N) is 1. The monoisotopic (exact) mass is 209 g/mol. The van der Waals surface area contributed by atoms with Crippen molar-refractivity contribution in [1.82, 2.24) is 20.0 Å². The van der Waals surface area contributed by atoms with E-state index in [0.29, 0.717) is 24.9 Å². The molecule has 0 aliphatic heterocycles. The lowest BCUT2D eigenvalue weighted by atomic mass is 10.5. The summed E-state index contributed by atoms with van der Waals surface area (Å²) in [5.74, 6) is 0.920. The highest BCUT2D eigenvalue weighted by molar-refractivity contribution is 5.19. The van der Waals surface area contributed by atoms with Gasteiger partial charge in [0, 0.05) is 7.11 Å². The summed E-state index contributed by atoms with van der Waals surface area (Å²) in [7, 11) is 1.58. The van der Waals surface area contributed by atoms with Crippen molar-refractivity contribution in [3.8, 4) is 0 Å². The minimum atomic E-state index is 0.356. The highest BCUT2D eigenvalue weighted by atomic mass is 16.5. The second kappa shape index (κ2) is 4.09. The molecule has 2 aromatic rings. The Labute approximate surface area is 85.8 Å². The van der Waals surface area contributed by atoms with E-state index in [9.17, 15) is 0 Å².